The van der Waals surface area contributed by atoms with E-state index in [1.165, 1.54) is 0 Å². The third-order valence-corrected chi connectivity index (χ3v) is 6.15. The highest BCUT2D eigenvalue weighted by atomic mass is 31.2. The van der Waals surface area contributed by atoms with Gasteiger partial charge in [0, 0.05) is 12.3 Å². The standard InChI is InChI=1S/C14H23N2O9P/c1-3-23-26(22,24-4-2)8-14(12(20)11(19)9(7-17)25-14)16-6-5-10(18)15-13(16)21/h5-6,9,11-12,17,19-20H,3-4,7-8H2,1-2H3,(H,15,18,21)/t9-,11-,12+,14-/m1/s1. The van der Waals surface area contributed by atoms with Gasteiger partial charge in [-0.2, -0.15) is 0 Å². The van der Waals surface area contributed by atoms with Gasteiger partial charge in [0.25, 0.3) is 5.56 Å². The highest BCUT2D eigenvalue weighted by Gasteiger charge is 2.59. The first-order chi connectivity index (χ1) is 12.2. The van der Waals surface area contributed by atoms with Gasteiger partial charge in [-0.1, -0.05) is 0 Å². The van der Waals surface area contributed by atoms with Crippen LogP contribution in [-0.4, -0.2) is 69.2 Å². The molecule has 1 aliphatic heterocycles. The van der Waals surface area contributed by atoms with Gasteiger partial charge in [-0.05, 0) is 13.8 Å². The van der Waals surface area contributed by atoms with E-state index in [1.807, 2.05) is 4.98 Å². The summed E-state index contributed by atoms with van der Waals surface area (Å²) in [5.41, 5.74) is -3.72. The summed E-state index contributed by atoms with van der Waals surface area (Å²) >= 11 is 0. The highest BCUT2D eigenvalue weighted by Crippen LogP contribution is 2.54. The maximum Gasteiger partial charge on any atom is 0.335 e. The van der Waals surface area contributed by atoms with Crippen molar-refractivity contribution in [2.24, 2.45) is 0 Å². The quantitative estimate of drug-likeness (QED) is 0.387. The molecule has 4 atom stereocenters. The first kappa shape index (κ1) is 21.0. The second-order valence-electron chi connectivity index (χ2n) is 5.70. The number of nitrogens with one attached hydrogen (secondary N) is 1. The maximum absolute atomic E-state index is 13.0. The lowest BCUT2D eigenvalue weighted by Crippen LogP contribution is -2.54. The molecule has 148 valence electrons. The van der Waals surface area contributed by atoms with Crippen molar-refractivity contribution in [2.75, 3.05) is 26.0 Å². The predicted molar refractivity (Wildman–Crippen MR) is 89.0 cm³/mol. The van der Waals surface area contributed by atoms with E-state index >= 15 is 0 Å². The Kier molecular flexibility index (Phi) is 6.56. The molecule has 4 N–H and O–H groups in total. The van der Waals surface area contributed by atoms with Crippen molar-refractivity contribution in [1.29, 1.82) is 0 Å². The lowest BCUT2D eigenvalue weighted by molar-refractivity contribution is -0.137. The zero-order valence-electron chi connectivity index (χ0n) is 14.4. The molecule has 0 radical (unpaired) electrons. The number of hydrogen-bond acceptors (Lipinski definition) is 9. The Balaban J connectivity index is 2.61. The van der Waals surface area contributed by atoms with E-state index in [2.05, 4.69) is 0 Å². The molecule has 1 aromatic heterocycles. The van der Waals surface area contributed by atoms with Gasteiger partial charge >= 0.3 is 13.3 Å². The van der Waals surface area contributed by atoms with Crippen LogP contribution >= 0.6 is 7.60 Å². The Bertz CT molecular complexity index is 768. The number of hydrogen-bond donors (Lipinski definition) is 4. The highest BCUT2D eigenvalue weighted by molar-refractivity contribution is 7.53. The van der Waals surface area contributed by atoms with Gasteiger partial charge in [-0.15, -0.1) is 0 Å². The lowest BCUT2D eigenvalue weighted by atomic mass is 10.0. The fraction of sp³-hybridized carbons (Fsp3) is 0.714. The molecule has 2 rings (SSSR count). The molecule has 0 aromatic carbocycles. The molecule has 0 spiro atoms. The van der Waals surface area contributed by atoms with Gasteiger partial charge in [0.2, 0.25) is 0 Å². The van der Waals surface area contributed by atoms with Gasteiger partial charge in [0.05, 0.1) is 19.8 Å². The van der Waals surface area contributed by atoms with Gasteiger partial charge in [0.1, 0.15) is 24.5 Å². The van der Waals surface area contributed by atoms with Crippen LogP contribution in [-0.2, 0) is 24.1 Å². The van der Waals surface area contributed by atoms with Crippen molar-refractivity contribution in [3.63, 3.8) is 0 Å². The minimum atomic E-state index is -3.86. The Morgan fingerprint density at radius 2 is 1.92 bits per heavy atom. The number of aromatic amines is 1. The van der Waals surface area contributed by atoms with Crippen LogP contribution in [0.3, 0.4) is 0 Å². The van der Waals surface area contributed by atoms with Crippen molar-refractivity contribution < 1.29 is 33.7 Å². The van der Waals surface area contributed by atoms with E-state index in [9.17, 15) is 29.5 Å². The molecule has 1 aromatic rings. The monoisotopic (exact) mass is 394 g/mol. The number of aliphatic hydroxyl groups excluding tert-OH is 3. The average Bonchev–Trinajstić information content (AvgIpc) is 2.80. The SMILES string of the molecule is CCOP(=O)(C[C@@]1(n2ccc(=O)[nH]c2=O)O[C@H](CO)[C@@H](O)[C@@H]1O)OCC. The fourth-order valence-corrected chi connectivity index (χ4v) is 4.95. The third-order valence-electron chi connectivity index (χ3n) is 4.01. The summed E-state index contributed by atoms with van der Waals surface area (Å²) in [6.07, 6.45) is -4.16. The van der Waals surface area contributed by atoms with Crippen LogP contribution in [0.2, 0.25) is 0 Å². The second kappa shape index (κ2) is 8.13. The van der Waals surface area contributed by atoms with Crippen LogP contribution in [0.4, 0.5) is 0 Å². The molecule has 0 bridgehead atoms. The first-order valence-corrected chi connectivity index (χ1v) is 9.81. The number of aliphatic hydroxyl groups is 3. The average molecular weight is 394 g/mol. The van der Waals surface area contributed by atoms with E-state index in [0.717, 1.165) is 16.8 Å². The third kappa shape index (κ3) is 3.84. The summed E-state index contributed by atoms with van der Waals surface area (Å²) in [5.74, 6) is 0. The number of ether oxygens (including phenoxy) is 1. The topological polar surface area (TPSA) is 160 Å². The summed E-state index contributed by atoms with van der Waals surface area (Å²) in [5, 5.41) is 30.1. The molecule has 0 aliphatic carbocycles. The molecule has 2 heterocycles. The molecule has 1 aliphatic rings. The molecular formula is C14H23N2O9P. The van der Waals surface area contributed by atoms with Gasteiger partial charge < -0.3 is 29.1 Å². The largest absolute Gasteiger partial charge is 0.394 e. The molecule has 11 nitrogen and oxygen atoms in total. The molecule has 1 fully saturated rings. The summed E-state index contributed by atoms with van der Waals surface area (Å²) in [7, 11) is -3.86. The summed E-state index contributed by atoms with van der Waals surface area (Å²) in [4.78, 5) is 25.6. The van der Waals surface area contributed by atoms with E-state index < -0.39 is 55.7 Å². The van der Waals surface area contributed by atoms with Crippen LogP contribution in [0.5, 0.6) is 0 Å². The zero-order valence-corrected chi connectivity index (χ0v) is 15.3. The molecule has 26 heavy (non-hydrogen) atoms. The first-order valence-electron chi connectivity index (χ1n) is 8.08. The van der Waals surface area contributed by atoms with Crippen molar-refractivity contribution >= 4 is 7.60 Å². The lowest BCUT2D eigenvalue weighted by Gasteiger charge is -2.35. The van der Waals surface area contributed by atoms with Gasteiger partial charge in [0.15, 0.2) is 5.72 Å². The summed E-state index contributed by atoms with van der Waals surface area (Å²) < 4.78 is 29.8. The molecule has 12 heteroatoms. The van der Waals surface area contributed by atoms with Crippen LogP contribution in [0.15, 0.2) is 21.9 Å². The van der Waals surface area contributed by atoms with Crippen LogP contribution in [0.1, 0.15) is 13.8 Å². The molecule has 0 saturated carbocycles. The van der Waals surface area contributed by atoms with Crippen LogP contribution in [0.25, 0.3) is 0 Å². The predicted octanol–water partition coefficient (Wildman–Crippen LogP) is -1.43. The van der Waals surface area contributed by atoms with Crippen molar-refractivity contribution in [2.45, 2.75) is 37.9 Å². The van der Waals surface area contributed by atoms with Crippen LogP contribution < -0.4 is 11.2 Å². The smallest absolute Gasteiger partial charge is 0.335 e. The van der Waals surface area contributed by atoms with E-state index in [1.54, 1.807) is 13.8 Å². The molecule has 0 amide bonds. The van der Waals surface area contributed by atoms with E-state index in [-0.39, 0.29) is 13.2 Å². The summed E-state index contributed by atoms with van der Waals surface area (Å²) in [6.45, 7) is 2.56. The maximum atomic E-state index is 13.0. The molecule has 1 saturated heterocycles. The number of aromatic nitrogens is 2. The Morgan fingerprint density at radius 1 is 1.31 bits per heavy atom. The summed E-state index contributed by atoms with van der Waals surface area (Å²) in [6, 6.07) is 1.00. The Morgan fingerprint density at radius 3 is 2.38 bits per heavy atom. The zero-order chi connectivity index (χ0) is 19.5. The molecule has 0 unspecified atom stereocenters. The Hall–Kier alpha value is -1.33. The molecular weight excluding hydrogens is 371 g/mol. The number of nitrogens with zero attached hydrogens (tertiary/aromatic N) is 1. The van der Waals surface area contributed by atoms with Crippen molar-refractivity contribution in [3.05, 3.63) is 33.1 Å². The van der Waals surface area contributed by atoms with E-state index in [0.29, 0.717) is 0 Å². The second-order valence-corrected chi connectivity index (χ2v) is 7.76. The number of H-pyrrole nitrogens is 1. The van der Waals surface area contributed by atoms with E-state index in [4.69, 9.17) is 13.8 Å². The van der Waals surface area contributed by atoms with Crippen molar-refractivity contribution in [1.82, 2.24) is 9.55 Å². The van der Waals surface area contributed by atoms with Gasteiger partial charge in [-0.3, -0.25) is 18.9 Å². The van der Waals surface area contributed by atoms with Crippen LogP contribution in [0, 0.1) is 0 Å². The normalized spacial score (nSPS) is 29.2. The Labute approximate surface area is 148 Å². The fourth-order valence-electron chi connectivity index (χ4n) is 2.94. The van der Waals surface area contributed by atoms with Crippen molar-refractivity contribution in [3.8, 4) is 0 Å². The minimum Gasteiger partial charge on any atom is -0.394 e. The number of rotatable bonds is 8. The minimum absolute atomic E-state index is 0.0238. The van der Waals surface area contributed by atoms with Gasteiger partial charge in [-0.25, -0.2) is 4.79 Å².